The van der Waals surface area contributed by atoms with Crippen molar-refractivity contribution in [2.75, 3.05) is 0 Å². The SMILES string of the molecule is Cc1c(C)c2c(c(Br)c1O)C=CC(C)(C)O2. The minimum absolute atomic E-state index is 0.291. The summed E-state index contributed by atoms with van der Waals surface area (Å²) in [4.78, 5) is 0. The Labute approximate surface area is 104 Å². The van der Waals surface area contributed by atoms with E-state index in [9.17, 15) is 5.11 Å². The van der Waals surface area contributed by atoms with Gasteiger partial charge in [0.1, 0.15) is 17.1 Å². The van der Waals surface area contributed by atoms with E-state index < -0.39 is 0 Å². The number of aromatic hydroxyl groups is 1. The van der Waals surface area contributed by atoms with Crippen LogP contribution in [0, 0.1) is 13.8 Å². The molecule has 0 aromatic heterocycles. The highest BCUT2D eigenvalue weighted by atomic mass is 79.9. The molecule has 1 aromatic rings. The normalized spacial score (nSPS) is 16.8. The van der Waals surface area contributed by atoms with E-state index in [0.717, 1.165) is 22.4 Å². The second-order valence-electron chi connectivity index (χ2n) is 4.69. The molecule has 0 amide bonds. The zero-order valence-corrected chi connectivity index (χ0v) is 11.5. The van der Waals surface area contributed by atoms with E-state index in [2.05, 4.69) is 15.9 Å². The molecule has 1 heterocycles. The first-order valence-corrected chi connectivity index (χ1v) is 6.02. The summed E-state index contributed by atoms with van der Waals surface area (Å²) in [5.74, 6) is 1.15. The van der Waals surface area contributed by atoms with Gasteiger partial charge in [-0.1, -0.05) is 6.08 Å². The minimum Gasteiger partial charge on any atom is -0.506 e. The number of rotatable bonds is 0. The Kier molecular flexibility index (Phi) is 2.54. The van der Waals surface area contributed by atoms with E-state index >= 15 is 0 Å². The first-order chi connectivity index (χ1) is 7.33. The van der Waals surface area contributed by atoms with Crippen molar-refractivity contribution in [1.82, 2.24) is 0 Å². The van der Waals surface area contributed by atoms with Crippen LogP contribution in [-0.2, 0) is 0 Å². The number of phenolic OH excluding ortho intramolecular Hbond substituents is 1. The number of fused-ring (bicyclic) bond motifs is 1. The largest absolute Gasteiger partial charge is 0.506 e. The Morgan fingerprint density at radius 1 is 1.25 bits per heavy atom. The number of hydrogen-bond acceptors (Lipinski definition) is 2. The molecule has 1 aliphatic heterocycles. The summed E-state index contributed by atoms with van der Waals surface area (Å²) in [5, 5.41) is 9.94. The van der Waals surface area contributed by atoms with E-state index in [1.807, 2.05) is 39.8 Å². The average Bonchev–Trinajstić information content (AvgIpc) is 2.22. The van der Waals surface area contributed by atoms with Gasteiger partial charge in [0.2, 0.25) is 0 Å². The van der Waals surface area contributed by atoms with Gasteiger partial charge in [-0.05, 0) is 60.8 Å². The van der Waals surface area contributed by atoms with Gasteiger partial charge in [0, 0.05) is 5.56 Å². The van der Waals surface area contributed by atoms with Crippen molar-refractivity contribution in [3.8, 4) is 11.5 Å². The van der Waals surface area contributed by atoms with E-state index in [1.54, 1.807) is 0 Å². The highest BCUT2D eigenvalue weighted by Gasteiger charge is 2.27. The first kappa shape index (κ1) is 11.5. The number of ether oxygens (including phenoxy) is 1. The van der Waals surface area contributed by atoms with Gasteiger partial charge in [-0.3, -0.25) is 0 Å². The van der Waals surface area contributed by atoms with Crippen molar-refractivity contribution in [3.05, 3.63) is 27.2 Å². The number of hydrogen-bond donors (Lipinski definition) is 1. The van der Waals surface area contributed by atoms with Gasteiger partial charge in [0.25, 0.3) is 0 Å². The molecule has 1 N–H and O–H groups in total. The average molecular weight is 283 g/mol. The lowest BCUT2D eigenvalue weighted by molar-refractivity contribution is 0.157. The molecule has 0 bridgehead atoms. The van der Waals surface area contributed by atoms with Gasteiger partial charge in [0.05, 0.1) is 4.47 Å². The lowest BCUT2D eigenvalue weighted by atomic mass is 9.97. The monoisotopic (exact) mass is 282 g/mol. The highest BCUT2D eigenvalue weighted by molar-refractivity contribution is 9.10. The van der Waals surface area contributed by atoms with Gasteiger partial charge < -0.3 is 9.84 Å². The molecular formula is C13H15BrO2. The van der Waals surface area contributed by atoms with Gasteiger partial charge in [0.15, 0.2) is 0 Å². The van der Waals surface area contributed by atoms with Crippen molar-refractivity contribution in [2.24, 2.45) is 0 Å². The Morgan fingerprint density at radius 3 is 2.50 bits per heavy atom. The van der Waals surface area contributed by atoms with Crippen molar-refractivity contribution in [1.29, 1.82) is 0 Å². The molecule has 0 radical (unpaired) electrons. The molecule has 16 heavy (non-hydrogen) atoms. The molecule has 0 atom stereocenters. The molecule has 2 nitrogen and oxygen atoms in total. The summed E-state index contributed by atoms with van der Waals surface area (Å²) in [5.41, 5.74) is 2.48. The van der Waals surface area contributed by atoms with Crippen molar-refractivity contribution < 1.29 is 9.84 Å². The predicted octanol–water partition coefficient (Wildman–Crippen LogP) is 3.96. The third kappa shape index (κ3) is 1.63. The fourth-order valence-corrected chi connectivity index (χ4v) is 2.41. The third-order valence-electron chi connectivity index (χ3n) is 2.96. The Hall–Kier alpha value is -0.960. The maximum atomic E-state index is 9.94. The second kappa shape index (κ2) is 3.52. The van der Waals surface area contributed by atoms with Gasteiger partial charge in [-0.15, -0.1) is 0 Å². The van der Waals surface area contributed by atoms with Crippen molar-refractivity contribution >= 4 is 22.0 Å². The molecule has 0 aliphatic carbocycles. The number of phenols is 1. The lowest BCUT2D eigenvalue weighted by Crippen LogP contribution is -2.28. The predicted molar refractivity (Wildman–Crippen MR) is 69.0 cm³/mol. The smallest absolute Gasteiger partial charge is 0.133 e. The second-order valence-corrected chi connectivity index (χ2v) is 5.49. The van der Waals surface area contributed by atoms with Gasteiger partial charge >= 0.3 is 0 Å². The molecule has 1 aromatic carbocycles. The summed E-state index contributed by atoms with van der Waals surface area (Å²) in [7, 11) is 0. The maximum Gasteiger partial charge on any atom is 0.133 e. The van der Waals surface area contributed by atoms with Crippen LogP contribution < -0.4 is 4.74 Å². The lowest BCUT2D eigenvalue weighted by Gasteiger charge is -2.30. The quantitative estimate of drug-likeness (QED) is 0.781. The standard InChI is InChI=1S/C13H15BrO2/c1-7-8(2)12-9(10(14)11(7)15)5-6-13(3,4)16-12/h5-6,15H,1-4H3. The number of benzene rings is 1. The van der Waals surface area contributed by atoms with Crippen molar-refractivity contribution in [2.45, 2.75) is 33.3 Å². The molecule has 0 unspecified atom stereocenters. The van der Waals surface area contributed by atoms with Crippen LogP contribution in [0.4, 0.5) is 0 Å². The fourth-order valence-electron chi connectivity index (χ4n) is 1.80. The van der Waals surface area contributed by atoms with Crippen LogP contribution in [0.3, 0.4) is 0 Å². The van der Waals surface area contributed by atoms with E-state index in [1.165, 1.54) is 0 Å². The van der Waals surface area contributed by atoms with Crippen molar-refractivity contribution in [3.63, 3.8) is 0 Å². The molecule has 86 valence electrons. The summed E-state index contributed by atoms with van der Waals surface area (Å²) in [6, 6.07) is 0. The Morgan fingerprint density at radius 2 is 1.88 bits per heavy atom. The number of halogens is 1. The molecule has 1 aliphatic rings. The van der Waals surface area contributed by atoms with E-state index in [-0.39, 0.29) is 5.60 Å². The van der Waals surface area contributed by atoms with Crippen LogP contribution in [0.1, 0.15) is 30.5 Å². The summed E-state index contributed by atoms with van der Waals surface area (Å²) in [6.07, 6.45) is 3.99. The first-order valence-electron chi connectivity index (χ1n) is 5.23. The molecule has 2 rings (SSSR count). The summed E-state index contributed by atoms with van der Waals surface area (Å²) >= 11 is 3.41. The Bertz CT molecular complexity index is 487. The fraction of sp³-hybridized carbons (Fsp3) is 0.385. The topological polar surface area (TPSA) is 29.5 Å². The highest BCUT2D eigenvalue weighted by Crippen LogP contribution is 2.44. The van der Waals surface area contributed by atoms with Crippen LogP contribution in [0.2, 0.25) is 0 Å². The minimum atomic E-state index is -0.291. The van der Waals surface area contributed by atoms with Crippen LogP contribution in [0.25, 0.3) is 6.08 Å². The van der Waals surface area contributed by atoms with Gasteiger partial charge in [-0.2, -0.15) is 0 Å². The van der Waals surface area contributed by atoms with Crippen LogP contribution >= 0.6 is 15.9 Å². The third-order valence-corrected chi connectivity index (χ3v) is 3.77. The van der Waals surface area contributed by atoms with Gasteiger partial charge in [-0.25, -0.2) is 0 Å². The zero-order valence-electron chi connectivity index (χ0n) is 9.89. The van der Waals surface area contributed by atoms with E-state index in [4.69, 9.17) is 4.74 Å². The molecule has 0 saturated heterocycles. The summed E-state index contributed by atoms with van der Waals surface area (Å²) in [6.45, 7) is 7.89. The molecule has 0 fully saturated rings. The molecule has 0 spiro atoms. The van der Waals surface area contributed by atoms with Crippen LogP contribution in [0.5, 0.6) is 11.5 Å². The van der Waals surface area contributed by atoms with E-state index in [0.29, 0.717) is 10.2 Å². The van der Waals surface area contributed by atoms with Crippen LogP contribution in [-0.4, -0.2) is 10.7 Å². The van der Waals surface area contributed by atoms with Crippen LogP contribution in [0.15, 0.2) is 10.5 Å². The Balaban J connectivity index is 2.73. The molecule has 3 heteroatoms. The molecular weight excluding hydrogens is 268 g/mol. The maximum absolute atomic E-state index is 9.94. The summed E-state index contributed by atoms with van der Waals surface area (Å²) < 4.78 is 6.64. The zero-order chi connectivity index (χ0) is 12.1. The molecule has 0 saturated carbocycles.